The molecule has 8 heteroatoms. The molecule has 0 aliphatic rings. The molecule has 0 atom stereocenters. The van der Waals surface area contributed by atoms with E-state index in [1.807, 2.05) is 0 Å². The van der Waals surface area contributed by atoms with Crippen LogP contribution < -0.4 is 15.4 Å². The van der Waals surface area contributed by atoms with Gasteiger partial charge in [0.2, 0.25) is 5.91 Å². The number of hydrogen-bond donors (Lipinski definition) is 2. The zero-order valence-electron chi connectivity index (χ0n) is 13.7. The number of anilines is 2. The summed E-state index contributed by atoms with van der Waals surface area (Å²) < 4.78 is 5.09. The van der Waals surface area contributed by atoms with Crippen molar-refractivity contribution >= 4 is 28.8 Å². The molecule has 8 nitrogen and oxygen atoms in total. The molecule has 0 radical (unpaired) electrons. The number of nitrogens with zero attached hydrogens (tertiary/aromatic N) is 1. The van der Waals surface area contributed by atoms with Crippen LogP contribution in [0.4, 0.5) is 17.1 Å². The van der Waals surface area contributed by atoms with Gasteiger partial charge in [-0.1, -0.05) is 0 Å². The Morgan fingerprint density at radius 1 is 1.16 bits per heavy atom. The molecule has 0 unspecified atom stereocenters. The number of benzene rings is 2. The van der Waals surface area contributed by atoms with Gasteiger partial charge in [-0.25, -0.2) is 0 Å². The molecule has 0 bridgehead atoms. The normalized spacial score (nSPS) is 10.0. The van der Waals surface area contributed by atoms with Gasteiger partial charge < -0.3 is 15.4 Å². The number of ketones is 1. The van der Waals surface area contributed by atoms with E-state index in [0.29, 0.717) is 17.0 Å². The molecule has 25 heavy (non-hydrogen) atoms. The van der Waals surface area contributed by atoms with Crippen molar-refractivity contribution in [2.75, 3.05) is 24.3 Å². The predicted molar refractivity (Wildman–Crippen MR) is 93.2 cm³/mol. The quantitative estimate of drug-likeness (QED) is 0.454. The summed E-state index contributed by atoms with van der Waals surface area (Å²) in [4.78, 5) is 33.6. The van der Waals surface area contributed by atoms with Crippen LogP contribution in [0.5, 0.6) is 5.75 Å². The minimum Gasteiger partial charge on any atom is -0.495 e. The number of carbonyl (C=O) groups is 2. The van der Waals surface area contributed by atoms with Gasteiger partial charge in [0.25, 0.3) is 5.69 Å². The van der Waals surface area contributed by atoms with Crippen LogP contribution in [0.25, 0.3) is 0 Å². The Bertz CT molecular complexity index is 802. The summed E-state index contributed by atoms with van der Waals surface area (Å²) in [5.74, 6) is -0.110. The summed E-state index contributed by atoms with van der Waals surface area (Å²) in [6, 6.07) is 10.7. The van der Waals surface area contributed by atoms with Crippen LogP contribution in [-0.4, -0.2) is 30.3 Å². The van der Waals surface area contributed by atoms with E-state index in [9.17, 15) is 19.7 Å². The summed E-state index contributed by atoms with van der Waals surface area (Å²) >= 11 is 0. The first-order chi connectivity index (χ1) is 11.9. The predicted octanol–water partition coefficient (Wildman–Crippen LogP) is 2.86. The molecule has 2 aromatic rings. The first kappa shape index (κ1) is 17.9. The maximum absolute atomic E-state index is 12.1. The van der Waals surface area contributed by atoms with Gasteiger partial charge in [-0.05, 0) is 37.3 Å². The number of hydrogen-bond acceptors (Lipinski definition) is 6. The van der Waals surface area contributed by atoms with Crippen molar-refractivity contribution in [3.63, 3.8) is 0 Å². The fourth-order valence-corrected chi connectivity index (χ4v) is 2.11. The highest BCUT2D eigenvalue weighted by molar-refractivity contribution is 5.96. The third kappa shape index (κ3) is 4.77. The summed E-state index contributed by atoms with van der Waals surface area (Å²) in [7, 11) is 1.41. The number of nitrogens with one attached hydrogen (secondary N) is 2. The molecule has 0 aliphatic heterocycles. The van der Waals surface area contributed by atoms with Crippen LogP contribution in [0.1, 0.15) is 17.3 Å². The number of amides is 1. The zero-order valence-corrected chi connectivity index (χ0v) is 13.7. The lowest BCUT2D eigenvalue weighted by Crippen LogP contribution is -2.22. The average Bonchev–Trinajstić information content (AvgIpc) is 2.60. The van der Waals surface area contributed by atoms with Crippen molar-refractivity contribution < 1.29 is 19.2 Å². The number of nitro benzene ring substituents is 1. The Kier molecular flexibility index (Phi) is 5.67. The highest BCUT2D eigenvalue weighted by Crippen LogP contribution is 2.28. The Labute approximate surface area is 144 Å². The van der Waals surface area contributed by atoms with Crippen molar-refractivity contribution in [3.8, 4) is 5.75 Å². The van der Waals surface area contributed by atoms with Crippen molar-refractivity contribution in [3.05, 3.63) is 58.1 Å². The van der Waals surface area contributed by atoms with E-state index in [1.165, 1.54) is 32.2 Å². The number of Topliss-reactive ketones (excluding diaryl/α,β-unsaturated/α-hetero) is 1. The van der Waals surface area contributed by atoms with E-state index in [2.05, 4.69) is 10.6 Å². The molecule has 2 rings (SSSR count). The SMILES string of the molecule is COc1ccc([N+](=O)[O-])cc1NC(=O)CNc1ccc(C(C)=O)cc1. The molecule has 1 amide bonds. The molecular formula is C17H17N3O5. The van der Waals surface area contributed by atoms with Crippen LogP contribution in [-0.2, 0) is 4.79 Å². The Hall–Kier alpha value is -3.42. The van der Waals surface area contributed by atoms with Gasteiger partial charge in [-0.15, -0.1) is 0 Å². The van der Waals surface area contributed by atoms with Gasteiger partial charge >= 0.3 is 0 Å². The zero-order chi connectivity index (χ0) is 18.4. The second kappa shape index (κ2) is 7.91. The summed E-state index contributed by atoms with van der Waals surface area (Å²) in [5.41, 5.74) is 1.32. The minimum atomic E-state index is -0.552. The largest absolute Gasteiger partial charge is 0.495 e. The third-order valence-corrected chi connectivity index (χ3v) is 3.41. The molecule has 130 valence electrons. The summed E-state index contributed by atoms with van der Waals surface area (Å²) in [6.07, 6.45) is 0. The summed E-state index contributed by atoms with van der Waals surface area (Å²) in [6.45, 7) is 1.42. The highest BCUT2D eigenvalue weighted by Gasteiger charge is 2.13. The number of non-ortho nitro benzene ring substituents is 1. The molecule has 0 aliphatic carbocycles. The maximum atomic E-state index is 12.1. The van der Waals surface area contributed by atoms with Crippen molar-refractivity contribution in [2.45, 2.75) is 6.92 Å². The first-order valence-electron chi connectivity index (χ1n) is 7.38. The number of nitro groups is 1. The number of ether oxygens (including phenoxy) is 1. The van der Waals surface area contributed by atoms with E-state index >= 15 is 0 Å². The van der Waals surface area contributed by atoms with Crippen LogP contribution in [0.15, 0.2) is 42.5 Å². The van der Waals surface area contributed by atoms with E-state index in [-0.39, 0.29) is 23.7 Å². The smallest absolute Gasteiger partial charge is 0.271 e. The first-order valence-corrected chi connectivity index (χ1v) is 7.38. The van der Waals surface area contributed by atoms with Crippen LogP contribution in [0, 0.1) is 10.1 Å². The Balaban J connectivity index is 2.01. The van der Waals surface area contributed by atoms with Gasteiger partial charge in [0.05, 0.1) is 24.3 Å². The van der Waals surface area contributed by atoms with Gasteiger partial charge in [0.1, 0.15) is 5.75 Å². The third-order valence-electron chi connectivity index (χ3n) is 3.41. The standard InChI is InChI=1S/C17H17N3O5/c1-11(21)12-3-5-13(6-4-12)18-10-17(22)19-15-9-14(20(23)24)7-8-16(15)25-2/h3-9,18H,10H2,1-2H3,(H,19,22). The maximum Gasteiger partial charge on any atom is 0.271 e. The van der Waals surface area contributed by atoms with E-state index in [4.69, 9.17) is 4.74 Å². The van der Waals surface area contributed by atoms with Crippen molar-refractivity contribution in [1.29, 1.82) is 0 Å². The van der Waals surface area contributed by atoms with Crippen molar-refractivity contribution in [2.24, 2.45) is 0 Å². The lowest BCUT2D eigenvalue weighted by Gasteiger charge is -2.11. The number of carbonyl (C=O) groups excluding carboxylic acids is 2. The molecule has 0 saturated carbocycles. The van der Waals surface area contributed by atoms with E-state index in [1.54, 1.807) is 24.3 Å². The highest BCUT2D eigenvalue weighted by atomic mass is 16.6. The van der Waals surface area contributed by atoms with E-state index in [0.717, 1.165) is 0 Å². The number of rotatable bonds is 7. The fourth-order valence-electron chi connectivity index (χ4n) is 2.11. The Morgan fingerprint density at radius 2 is 1.84 bits per heavy atom. The van der Waals surface area contributed by atoms with E-state index < -0.39 is 10.8 Å². The van der Waals surface area contributed by atoms with Gasteiger partial charge in [0, 0.05) is 23.4 Å². The number of methoxy groups -OCH3 is 1. The molecule has 0 fully saturated rings. The minimum absolute atomic E-state index is 0.0398. The lowest BCUT2D eigenvalue weighted by atomic mass is 10.1. The fraction of sp³-hybridized carbons (Fsp3) is 0.176. The molecule has 2 N–H and O–H groups in total. The molecule has 0 saturated heterocycles. The molecule has 0 aromatic heterocycles. The Morgan fingerprint density at radius 3 is 2.40 bits per heavy atom. The van der Waals surface area contributed by atoms with Crippen LogP contribution in [0.2, 0.25) is 0 Å². The molecular weight excluding hydrogens is 326 g/mol. The van der Waals surface area contributed by atoms with Gasteiger partial charge in [-0.3, -0.25) is 19.7 Å². The van der Waals surface area contributed by atoms with Crippen LogP contribution in [0.3, 0.4) is 0 Å². The second-order valence-electron chi connectivity index (χ2n) is 5.18. The van der Waals surface area contributed by atoms with Gasteiger partial charge in [0.15, 0.2) is 5.78 Å². The average molecular weight is 343 g/mol. The topological polar surface area (TPSA) is 111 Å². The summed E-state index contributed by atoms with van der Waals surface area (Å²) in [5, 5.41) is 16.3. The van der Waals surface area contributed by atoms with Crippen LogP contribution >= 0.6 is 0 Å². The lowest BCUT2D eigenvalue weighted by molar-refractivity contribution is -0.384. The van der Waals surface area contributed by atoms with Crippen molar-refractivity contribution in [1.82, 2.24) is 0 Å². The molecule has 0 spiro atoms. The second-order valence-corrected chi connectivity index (χ2v) is 5.18. The van der Waals surface area contributed by atoms with Gasteiger partial charge in [-0.2, -0.15) is 0 Å². The molecule has 2 aromatic carbocycles. The molecule has 0 heterocycles. The monoisotopic (exact) mass is 343 g/mol.